The van der Waals surface area contributed by atoms with Crippen LogP contribution in [0.2, 0.25) is 0 Å². The van der Waals surface area contributed by atoms with E-state index in [1.165, 1.54) is 6.26 Å². The van der Waals surface area contributed by atoms with Crippen molar-refractivity contribution in [2.45, 2.75) is 19.8 Å². The van der Waals surface area contributed by atoms with Crippen LogP contribution in [0.5, 0.6) is 0 Å². The summed E-state index contributed by atoms with van der Waals surface area (Å²) in [6, 6.07) is 0. The van der Waals surface area contributed by atoms with E-state index in [1.807, 2.05) is 6.92 Å². The molecule has 1 saturated heterocycles. The Morgan fingerprint density at radius 1 is 1.53 bits per heavy atom. The van der Waals surface area contributed by atoms with E-state index >= 15 is 0 Å². The van der Waals surface area contributed by atoms with Crippen LogP contribution < -0.4 is 10.6 Å². The maximum atomic E-state index is 11.4. The van der Waals surface area contributed by atoms with Crippen LogP contribution in [0.1, 0.15) is 18.4 Å². The number of nitrogens with two attached hydrogens (primary N) is 1. The highest BCUT2D eigenvalue weighted by molar-refractivity contribution is 7.90. The summed E-state index contributed by atoms with van der Waals surface area (Å²) in [5.41, 5.74) is 6.59. The maximum absolute atomic E-state index is 11.4. The molecule has 0 amide bonds. The number of hydrogen-bond donors (Lipinski definition) is 1. The third-order valence-electron chi connectivity index (χ3n) is 3.32. The van der Waals surface area contributed by atoms with Gasteiger partial charge in [0.2, 0.25) is 5.95 Å². The van der Waals surface area contributed by atoms with Crippen LogP contribution in [0.3, 0.4) is 0 Å². The Bertz CT molecular complexity index is 559. The number of hydrogen-bond acceptors (Lipinski definition) is 6. The van der Waals surface area contributed by atoms with E-state index in [2.05, 4.69) is 14.9 Å². The number of nitrogens with zero attached hydrogens (tertiary/aromatic N) is 3. The van der Waals surface area contributed by atoms with Crippen LogP contribution in [0.15, 0.2) is 6.20 Å². The summed E-state index contributed by atoms with van der Waals surface area (Å²) in [7, 11) is -2.93. The monoisotopic (exact) mass is 284 g/mol. The number of nitrogen functional groups attached to an aromatic ring is 1. The van der Waals surface area contributed by atoms with E-state index < -0.39 is 9.84 Å². The highest BCUT2D eigenvalue weighted by Gasteiger charge is 2.24. The molecule has 0 unspecified atom stereocenters. The Balaban J connectivity index is 2.15. The van der Waals surface area contributed by atoms with E-state index in [4.69, 9.17) is 5.73 Å². The van der Waals surface area contributed by atoms with Gasteiger partial charge in [0, 0.05) is 31.1 Å². The molecule has 2 rings (SSSR count). The van der Waals surface area contributed by atoms with Gasteiger partial charge in [-0.15, -0.1) is 0 Å². The Kier molecular flexibility index (Phi) is 3.93. The summed E-state index contributed by atoms with van der Waals surface area (Å²) in [5, 5.41) is 0. The molecule has 19 heavy (non-hydrogen) atoms. The normalized spacial score (nSPS) is 20.5. The van der Waals surface area contributed by atoms with Crippen LogP contribution >= 0.6 is 0 Å². The zero-order valence-corrected chi connectivity index (χ0v) is 12.2. The van der Waals surface area contributed by atoms with Crippen molar-refractivity contribution in [1.82, 2.24) is 9.97 Å². The van der Waals surface area contributed by atoms with Crippen molar-refractivity contribution < 1.29 is 8.42 Å². The molecule has 0 spiro atoms. The second-order valence-electron chi connectivity index (χ2n) is 5.28. The lowest BCUT2D eigenvalue weighted by molar-refractivity contribution is 0.442. The van der Waals surface area contributed by atoms with Gasteiger partial charge in [-0.1, -0.05) is 0 Å². The standard InChI is InChI=1S/C12H20N4O2S/c1-9-6-14-12(13)15-11(9)16-5-3-4-10(7-16)8-19(2,17)18/h6,10H,3-5,7-8H2,1-2H3,(H2,13,14,15)/t10-/m0/s1. The number of sulfone groups is 1. The largest absolute Gasteiger partial charge is 0.368 e. The Hall–Kier alpha value is -1.37. The molecular weight excluding hydrogens is 264 g/mol. The van der Waals surface area contributed by atoms with Crippen molar-refractivity contribution in [1.29, 1.82) is 0 Å². The molecule has 0 radical (unpaired) electrons. The van der Waals surface area contributed by atoms with Crippen LogP contribution in [0.25, 0.3) is 0 Å². The molecule has 2 N–H and O–H groups in total. The Labute approximate surface area is 114 Å². The quantitative estimate of drug-likeness (QED) is 0.875. The molecule has 6 nitrogen and oxygen atoms in total. The summed E-state index contributed by atoms with van der Waals surface area (Å²) < 4.78 is 22.8. The van der Waals surface area contributed by atoms with Crippen LogP contribution in [-0.4, -0.2) is 43.5 Å². The predicted molar refractivity (Wildman–Crippen MR) is 75.8 cm³/mol. The molecule has 0 aromatic carbocycles. The number of aromatic nitrogens is 2. The van der Waals surface area contributed by atoms with Gasteiger partial charge in [0.1, 0.15) is 15.7 Å². The number of rotatable bonds is 3. The third kappa shape index (κ3) is 3.79. The highest BCUT2D eigenvalue weighted by Crippen LogP contribution is 2.25. The fraction of sp³-hybridized carbons (Fsp3) is 0.667. The minimum absolute atomic E-state index is 0.166. The van der Waals surface area contributed by atoms with Gasteiger partial charge in [0.25, 0.3) is 0 Å². The van der Waals surface area contributed by atoms with Gasteiger partial charge < -0.3 is 10.6 Å². The average molecular weight is 284 g/mol. The summed E-state index contributed by atoms with van der Waals surface area (Å²) >= 11 is 0. The fourth-order valence-electron chi connectivity index (χ4n) is 2.59. The molecular formula is C12H20N4O2S. The summed E-state index contributed by atoms with van der Waals surface area (Å²) in [4.78, 5) is 10.3. The third-order valence-corrected chi connectivity index (χ3v) is 4.40. The first-order chi connectivity index (χ1) is 8.85. The number of anilines is 2. The molecule has 1 aromatic heterocycles. The van der Waals surface area contributed by atoms with E-state index in [0.29, 0.717) is 6.54 Å². The van der Waals surface area contributed by atoms with E-state index in [-0.39, 0.29) is 17.6 Å². The minimum Gasteiger partial charge on any atom is -0.368 e. The zero-order chi connectivity index (χ0) is 14.0. The van der Waals surface area contributed by atoms with Gasteiger partial charge in [-0.25, -0.2) is 13.4 Å². The maximum Gasteiger partial charge on any atom is 0.221 e. The van der Waals surface area contributed by atoms with Gasteiger partial charge in [0.05, 0.1) is 5.75 Å². The summed E-state index contributed by atoms with van der Waals surface area (Å²) in [5.74, 6) is 1.49. The highest BCUT2D eigenvalue weighted by atomic mass is 32.2. The van der Waals surface area contributed by atoms with Gasteiger partial charge >= 0.3 is 0 Å². The minimum atomic E-state index is -2.93. The molecule has 2 heterocycles. The van der Waals surface area contributed by atoms with Gasteiger partial charge in [-0.2, -0.15) is 4.98 Å². The summed E-state index contributed by atoms with van der Waals surface area (Å²) in [6.45, 7) is 3.54. The van der Waals surface area contributed by atoms with Crippen molar-refractivity contribution in [2.24, 2.45) is 5.92 Å². The molecule has 1 atom stereocenters. The predicted octanol–water partition coefficient (Wildman–Crippen LogP) is 0.628. The second kappa shape index (κ2) is 5.32. The van der Waals surface area contributed by atoms with Crippen molar-refractivity contribution in [3.05, 3.63) is 11.8 Å². The van der Waals surface area contributed by atoms with Crippen LogP contribution in [0, 0.1) is 12.8 Å². The molecule has 1 aliphatic rings. The summed E-state index contributed by atoms with van der Waals surface area (Å²) in [6.07, 6.45) is 4.92. The van der Waals surface area contributed by atoms with E-state index in [0.717, 1.165) is 30.8 Å². The van der Waals surface area contributed by atoms with E-state index in [1.54, 1.807) is 6.20 Å². The fourth-order valence-corrected chi connectivity index (χ4v) is 3.72. The first-order valence-electron chi connectivity index (χ1n) is 6.37. The lowest BCUT2D eigenvalue weighted by Gasteiger charge is -2.34. The smallest absolute Gasteiger partial charge is 0.221 e. The van der Waals surface area contributed by atoms with Crippen LogP contribution in [0.4, 0.5) is 11.8 Å². The lowest BCUT2D eigenvalue weighted by Crippen LogP contribution is -2.39. The Morgan fingerprint density at radius 2 is 2.26 bits per heavy atom. The first kappa shape index (κ1) is 14.0. The molecule has 0 bridgehead atoms. The molecule has 7 heteroatoms. The van der Waals surface area contributed by atoms with Gasteiger partial charge in [-0.3, -0.25) is 0 Å². The molecule has 1 aromatic rings. The topological polar surface area (TPSA) is 89.2 Å². The second-order valence-corrected chi connectivity index (χ2v) is 7.47. The SMILES string of the molecule is Cc1cnc(N)nc1N1CCC[C@H](CS(C)(=O)=O)C1. The van der Waals surface area contributed by atoms with E-state index in [9.17, 15) is 8.42 Å². The van der Waals surface area contributed by atoms with Gasteiger partial charge in [0.15, 0.2) is 0 Å². The van der Waals surface area contributed by atoms with Gasteiger partial charge in [-0.05, 0) is 25.7 Å². The lowest BCUT2D eigenvalue weighted by atomic mass is 10.00. The molecule has 1 fully saturated rings. The van der Waals surface area contributed by atoms with Crippen molar-refractivity contribution >= 4 is 21.6 Å². The molecule has 0 aliphatic carbocycles. The zero-order valence-electron chi connectivity index (χ0n) is 11.3. The number of piperidine rings is 1. The molecule has 106 valence electrons. The number of aryl methyl sites for hydroxylation is 1. The van der Waals surface area contributed by atoms with Crippen molar-refractivity contribution in [2.75, 3.05) is 35.7 Å². The van der Waals surface area contributed by atoms with Crippen molar-refractivity contribution in [3.8, 4) is 0 Å². The van der Waals surface area contributed by atoms with Crippen LogP contribution in [-0.2, 0) is 9.84 Å². The molecule has 0 saturated carbocycles. The Morgan fingerprint density at radius 3 is 2.95 bits per heavy atom. The molecule has 1 aliphatic heterocycles. The first-order valence-corrected chi connectivity index (χ1v) is 8.43. The average Bonchev–Trinajstić information content (AvgIpc) is 2.30. The van der Waals surface area contributed by atoms with Crippen molar-refractivity contribution in [3.63, 3.8) is 0 Å².